The maximum Gasteiger partial charge on any atom is 0.0541 e. The summed E-state index contributed by atoms with van der Waals surface area (Å²) < 4.78 is 7.44. The highest BCUT2D eigenvalue weighted by Gasteiger charge is 2.25. The number of benzene rings is 11. The maximum atomic E-state index is 2.50. The minimum Gasteiger partial charge on any atom is -0.310 e. The summed E-state index contributed by atoms with van der Waals surface area (Å²) in [6.45, 7) is 6.90. The summed E-state index contributed by atoms with van der Waals surface area (Å²) >= 11 is 0. The van der Waals surface area contributed by atoms with Gasteiger partial charge in [0.05, 0.1) is 33.1 Å². The second kappa shape index (κ2) is 20.3. The molecular formula is C81H65N3. The van der Waals surface area contributed by atoms with Crippen molar-refractivity contribution in [3.05, 3.63) is 272 Å². The Morgan fingerprint density at radius 2 is 0.845 bits per heavy atom. The third kappa shape index (κ3) is 8.08. The van der Waals surface area contributed by atoms with Gasteiger partial charge < -0.3 is 13.7 Å². The van der Waals surface area contributed by atoms with Gasteiger partial charge in [-0.15, -0.1) is 0 Å². The first-order valence-corrected chi connectivity index (χ1v) is 30.5. The highest BCUT2D eigenvalue weighted by molar-refractivity contribution is 6.17. The third-order valence-corrected chi connectivity index (χ3v) is 18.6. The molecule has 0 bridgehead atoms. The van der Waals surface area contributed by atoms with Gasteiger partial charge in [0.25, 0.3) is 0 Å². The normalized spacial score (nSPS) is 15.5. The molecule has 0 spiro atoms. The minimum atomic E-state index is 0.298. The summed E-state index contributed by atoms with van der Waals surface area (Å²) in [5, 5.41) is 12.8. The molecule has 84 heavy (non-hydrogen) atoms. The van der Waals surface area contributed by atoms with E-state index in [1.807, 2.05) is 0 Å². The molecule has 3 heterocycles. The Labute approximate surface area is 491 Å². The molecule has 3 aromatic heterocycles. The van der Waals surface area contributed by atoms with Crippen LogP contribution in [0.2, 0.25) is 0 Å². The van der Waals surface area contributed by atoms with Gasteiger partial charge in [0.2, 0.25) is 0 Å². The van der Waals surface area contributed by atoms with Crippen LogP contribution in [0.15, 0.2) is 260 Å². The van der Waals surface area contributed by atoms with Crippen LogP contribution in [0.3, 0.4) is 0 Å². The predicted molar refractivity (Wildman–Crippen MR) is 360 cm³/mol. The Morgan fingerprint density at radius 3 is 1.40 bits per heavy atom. The number of fused-ring (bicyclic) bond motifs is 11. The lowest BCUT2D eigenvalue weighted by molar-refractivity contribution is 0.643. The molecule has 0 saturated heterocycles. The summed E-state index contributed by atoms with van der Waals surface area (Å²) in [4.78, 5) is 0. The van der Waals surface area contributed by atoms with Crippen LogP contribution in [-0.4, -0.2) is 13.7 Å². The van der Waals surface area contributed by atoms with Crippen LogP contribution >= 0.6 is 0 Å². The molecule has 11 aromatic carbocycles. The van der Waals surface area contributed by atoms with Crippen molar-refractivity contribution >= 4 is 92.7 Å². The molecule has 0 fully saturated rings. The van der Waals surface area contributed by atoms with Gasteiger partial charge in [0.1, 0.15) is 0 Å². The molecule has 2 aliphatic rings. The molecule has 0 radical (unpaired) electrons. The van der Waals surface area contributed by atoms with Gasteiger partial charge >= 0.3 is 0 Å². The van der Waals surface area contributed by atoms with Crippen LogP contribution in [-0.2, 0) is 6.42 Å². The second-order valence-electron chi connectivity index (χ2n) is 23.7. The van der Waals surface area contributed by atoms with E-state index in [0.29, 0.717) is 11.8 Å². The number of hydrogen-bond acceptors (Lipinski definition) is 0. The van der Waals surface area contributed by atoms with Crippen LogP contribution in [0.25, 0.3) is 137 Å². The van der Waals surface area contributed by atoms with Crippen LogP contribution < -0.4 is 0 Å². The van der Waals surface area contributed by atoms with E-state index in [0.717, 1.165) is 37.8 Å². The Kier molecular flexibility index (Phi) is 12.1. The molecule has 0 N–H and O–H groups in total. The van der Waals surface area contributed by atoms with E-state index in [1.165, 1.54) is 149 Å². The number of hydrogen-bond donors (Lipinski definition) is 0. The van der Waals surface area contributed by atoms with Crippen LogP contribution in [0, 0.1) is 5.92 Å². The smallest absolute Gasteiger partial charge is 0.0541 e. The zero-order valence-electron chi connectivity index (χ0n) is 48.0. The molecule has 404 valence electrons. The first-order valence-electron chi connectivity index (χ1n) is 30.5. The van der Waals surface area contributed by atoms with Crippen molar-refractivity contribution in [1.29, 1.82) is 0 Å². The molecule has 16 rings (SSSR count). The van der Waals surface area contributed by atoms with Crippen molar-refractivity contribution in [3.8, 4) is 44.8 Å². The number of aromatic nitrogens is 3. The monoisotopic (exact) mass is 1080 g/mol. The Hall–Kier alpha value is -9.70. The van der Waals surface area contributed by atoms with E-state index in [2.05, 4.69) is 289 Å². The van der Waals surface area contributed by atoms with Crippen molar-refractivity contribution in [2.75, 3.05) is 0 Å². The van der Waals surface area contributed by atoms with Crippen molar-refractivity contribution in [2.45, 2.75) is 65.2 Å². The van der Waals surface area contributed by atoms with Crippen LogP contribution in [0.1, 0.15) is 69.9 Å². The maximum absolute atomic E-state index is 2.50. The lowest BCUT2D eigenvalue weighted by atomic mass is 9.78. The quantitative estimate of drug-likeness (QED) is 0.115. The van der Waals surface area contributed by atoms with Gasteiger partial charge in [-0.05, 0) is 189 Å². The highest BCUT2D eigenvalue weighted by Crippen LogP contribution is 2.47. The van der Waals surface area contributed by atoms with E-state index in [1.54, 1.807) is 5.57 Å². The average Bonchev–Trinajstić information content (AvgIpc) is 1.88. The Morgan fingerprint density at radius 1 is 0.381 bits per heavy atom. The van der Waals surface area contributed by atoms with Gasteiger partial charge in [-0.2, -0.15) is 0 Å². The van der Waals surface area contributed by atoms with Gasteiger partial charge in [-0.25, -0.2) is 0 Å². The fourth-order valence-corrected chi connectivity index (χ4v) is 14.8. The van der Waals surface area contributed by atoms with E-state index in [4.69, 9.17) is 0 Å². The fraction of sp³-hybridized carbons (Fsp3) is 0.136. The first kappa shape index (κ1) is 50.1. The SMILES string of the molecule is CCCC1=CC(n2c3ccccc3c3cc(-c4ccc5c(c4)c4cc(-c6ccc7c(c6)c6ccccc6n7-c6cccc(CCC)c6)ccc4n5-c4ccc(-c5c6ccccc6c(C6C=CC=CC6C)c6ccccc56)cc4)ccc32)=CCC1. The second-order valence-corrected chi connectivity index (χ2v) is 23.7. The number of nitrogens with zero attached hydrogens (tertiary/aromatic N) is 3. The lowest BCUT2D eigenvalue weighted by Crippen LogP contribution is -2.09. The lowest BCUT2D eigenvalue weighted by Gasteiger charge is -2.26. The Bertz CT molecular complexity index is 5060. The summed E-state index contributed by atoms with van der Waals surface area (Å²) in [5.74, 6) is 0.699. The number of para-hydroxylation sites is 2. The summed E-state index contributed by atoms with van der Waals surface area (Å²) in [6.07, 6.45) is 20.8. The fourth-order valence-electron chi connectivity index (χ4n) is 14.8. The van der Waals surface area contributed by atoms with Gasteiger partial charge in [0, 0.05) is 55.3 Å². The number of aryl methyl sites for hydroxylation is 1. The molecule has 0 saturated carbocycles. The minimum absolute atomic E-state index is 0.298. The molecule has 0 amide bonds. The van der Waals surface area contributed by atoms with E-state index in [-0.39, 0.29) is 0 Å². The van der Waals surface area contributed by atoms with E-state index >= 15 is 0 Å². The number of allylic oxidation sites excluding steroid dienone is 8. The van der Waals surface area contributed by atoms with Crippen LogP contribution in [0.4, 0.5) is 0 Å². The molecule has 2 atom stereocenters. The standard InChI is InChI=1S/C81H65N3/c1-4-18-53-21-16-23-61(46-53)83-74-32-14-12-26-64(74)70-48-56(36-42-76(70)83)58-38-44-78-72(50-58)73-51-59(57-37-43-77-71(49-57)65-27-13-15-33-75(65)84(77)62-24-17-22-54(47-62)19-5-2)39-45-79(73)82(78)60-40-34-55(35-41-60)80-66-28-8-10-30-68(66)81(63-25-7-6-20-52(63)3)69-31-11-9-29-67(69)80/h6-16,20-21,23-52,63H,4-5,17-19,22H2,1-3H3. The molecule has 14 aromatic rings. The largest absolute Gasteiger partial charge is 0.310 e. The summed E-state index contributed by atoms with van der Waals surface area (Å²) in [5.41, 5.74) is 22.6. The predicted octanol–water partition coefficient (Wildman–Crippen LogP) is 22.5. The zero-order valence-corrected chi connectivity index (χ0v) is 48.0. The molecule has 0 aliphatic heterocycles. The zero-order chi connectivity index (χ0) is 56.0. The van der Waals surface area contributed by atoms with Gasteiger partial charge in [-0.1, -0.05) is 203 Å². The highest BCUT2D eigenvalue weighted by atomic mass is 15.0. The average molecular weight is 1080 g/mol. The summed E-state index contributed by atoms with van der Waals surface area (Å²) in [6, 6.07) is 83.1. The Balaban J connectivity index is 0.864. The van der Waals surface area contributed by atoms with Gasteiger partial charge in [0.15, 0.2) is 0 Å². The molecule has 3 nitrogen and oxygen atoms in total. The van der Waals surface area contributed by atoms with Crippen LogP contribution in [0.5, 0.6) is 0 Å². The third-order valence-electron chi connectivity index (χ3n) is 18.6. The van der Waals surface area contributed by atoms with Gasteiger partial charge in [-0.3, -0.25) is 0 Å². The van der Waals surface area contributed by atoms with Crippen molar-refractivity contribution in [1.82, 2.24) is 13.7 Å². The van der Waals surface area contributed by atoms with E-state index in [9.17, 15) is 0 Å². The van der Waals surface area contributed by atoms with Crippen molar-refractivity contribution < 1.29 is 0 Å². The summed E-state index contributed by atoms with van der Waals surface area (Å²) in [7, 11) is 0. The molecule has 2 unspecified atom stereocenters. The van der Waals surface area contributed by atoms with E-state index < -0.39 is 0 Å². The van der Waals surface area contributed by atoms with Crippen molar-refractivity contribution in [2.24, 2.45) is 5.92 Å². The number of rotatable bonds is 11. The van der Waals surface area contributed by atoms with Crippen molar-refractivity contribution in [3.63, 3.8) is 0 Å². The molecular weight excluding hydrogens is 1010 g/mol. The first-order chi connectivity index (χ1) is 41.5. The molecule has 2 aliphatic carbocycles. The topological polar surface area (TPSA) is 14.8 Å². The molecule has 3 heteroatoms.